The zero-order valence-electron chi connectivity index (χ0n) is 6.90. The van der Waals surface area contributed by atoms with Gasteiger partial charge < -0.3 is 4.90 Å². The van der Waals surface area contributed by atoms with Crippen LogP contribution in [0.2, 0.25) is 0 Å². The van der Waals surface area contributed by atoms with Gasteiger partial charge in [-0.1, -0.05) is 30.5 Å². The molecule has 1 aromatic heterocycles. The highest BCUT2D eigenvalue weighted by atomic mass is 32.1. The van der Waals surface area contributed by atoms with Gasteiger partial charge in [-0.15, -0.1) is 11.3 Å². The summed E-state index contributed by atoms with van der Waals surface area (Å²) in [6.45, 7) is 0. The summed E-state index contributed by atoms with van der Waals surface area (Å²) >= 11 is 12.0. The first-order valence-electron chi connectivity index (χ1n) is 3.42. The average Bonchev–Trinajstić information content (AvgIpc) is 2.53. The van der Waals surface area contributed by atoms with Gasteiger partial charge in [0.2, 0.25) is 0 Å². The molecule has 0 N–H and O–H groups in total. The first-order chi connectivity index (χ1) is 5.63. The summed E-state index contributed by atoms with van der Waals surface area (Å²) in [6.07, 6.45) is 0. The number of thiocarbonyl (C=S) groups is 2. The molecule has 4 heteroatoms. The minimum Gasteiger partial charge on any atom is -0.368 e. The molecule has 0 saturated heterocycles. The van der Waals surface area contributed by atoms with Gasteiger partial charge in [0, 0.05) is 19.0 Å². The van der Waals surface area contributed by atoms with Gasteiger partial charge in [-0.25, -0.2) is 0 Å². The molecule has 0 spiro atoms. The fourth-order valence-electron chi connectivity index (χ4n) is 0.716. The van der Waals surface area contributed by atoms with Crippen molar-refractivity contribution < 1.29 is 0 Å². The average molecular weight is 215 g/mol. The van der Waals surface area contributed by atoms with Crippen molar-refractivity contribution in [2.24, 2.45) is 0 Å². The Morgan fingerprint density at radius 1 is 1.42 bits per heavy atom. The summed E-state index contributed by atoms with van der Waals surface area (Å²) in [4.78, 5) is 4.43. The van der Waals surface area contributed by atoms with Gasteiger partial charge >= 0.3 is 0 Å². The largest absolute Gasteiger partial charge is 0.368 e. The van der Waals surface area contributed by atoms with Crippen molar-refractivity contribution in [3.63, 3.8) is 0 Å². The molecule has 0 amide bonds. The lowest BCUT2D eigenvalue weighted by Gasteiger charge is -2.12. The first kappa shape index (κ1) is 9.77. The molecule has 64 valence electrons. The van der Waals surface area contributed by atoms with E-state index < -0.39 is 0 Å². The molecule has 1 nitrogen and oxygen atoms in total. The van der Waals surface area contributed by atoms with Gasteiger partial charge in [-0.2, -0.15) is 0 Å². The van der Waals surface area contributed by atoms with Gasteiger partial charge in [0.05, 0.1) is 4.86 Å². The SMILES string of the molecule is CN(C)C(=S)C(=S)c1cccs1. The number of likely N-dealkylation sites (N-methyl/N-ethyl adjacent to an activating group) is 1. The number of hydrogen-bond acceptors (Lipinski definition) is 3. The van der Waals surface area contributed by atoms with Crippen LogP contribution < -0.4 is 0 Å². The molecule has 0 aliphatic carbocycles. The molecule has 0 atom stereocenters. The monoisotopic (exact) mass is 215 g/mol. The molecule has 0 bridgehead atoms. The van der Waals surface area contributed by atoms with Crippen LogP contribution >= 0.6 is 35.8 Å². The summed E-state index contributed by atoms with van der Waals surface area (Å²) in [5, 5.41) is 2.00. The van der Waals surface area contributed by atoms with E-state index >= 15 is 0 Å². The third kappa shape index (κ3) is 2.09. The minimum atomic E-state index is 0.729. The van der Waals surface area contributed by atoms with Crippen molar-refractivity contribution in [2.75, 3.05) is 14.1 Å². The Bertz CT molecular complexity index is 287. The van der Waals surface area contributed by atoms with Crippen LogP contribution in [-0.2, 0) is 0 Å². The zero-order valence-corrected chi connectivity index (χ0v) is 9.35. The topological polar surface area (TPSA) is 3.24 Å². The number of rotatable bonds is 2. The van der Waals surface area contributed by atoms with Gasteiger partial charge in [0.15, 0.2) is 0 Å². The second-order valence-electron chi connectivity index (χ2n) is 2.51. The molecular formula is C8H9NS3. The van der Waals surface area contributed by atoms with Crippen molar-refractivity contribution in [1.82, 2.24) is 4.90 Å². The lowest BCUT2D eigenvalue weighted by atomic mass is 10.3. The molecule has 1 heterocycles. The van der Waals surface area contributed by atoms with Gasteiger partial charge in [0.1, 0.15) is 4.99 Å². The van der Waals surface area contributed by atoms with Crippen molar-refractivity contribution in [3.05, 3.63) is 22.4 Å². The maximum Gasteiger partial charge on any atom is 0.121 e. The standard InChI is InChI=1S/C8H9NS3/c1-9(2)8(11)7(10)6-4-3-5-12-6/h3-5H,1-2H3. The van der Waals surface area contributed by atoms with Crippen LogP contribution in [0.5, 0.6) is 0 Å². The lowest BCUT2D eigenvalue weighted by molar-refractivity contribution is 0.644. The molecule has 12 heavy (non-hydrogen) atoms. The van der Waals surface area contributed by atoms with Crippen LogP contribution in [0.4, 0.5) is 0 Å². The third-order valence-corrected chi connectivity index (χ3v) is 3.47. The van der Waals surface area contributed by atoms with Crippen molar-refractivity contribution in [1.29, 1.82) is 0 Å². The summed E-state index contributed by atoms with van der Waals surface area (Å²) in [5.41, 5.74) is 0. The number of thiophene rings is 1. The van der Waals surface area contributed by atoms with Crippen LogP contribution in [0.25, 0.3) is 0 Å². The first-order valence-corrected chi connectivity index (χ1v) is 5.12. The van der Waals surface area contributed by atoms with E-state index in [1.807, 2.05) is 36.5 Å². The Morgan fingerprint density at radius 3 is 2.50 bits per heavy atom. The zero-order chi connectivity index (χ0) is 9.14. The van der Waals surface area contributed by atoms with Crippen molar-refractivity contribution in [3.8, 4) is 0 Å². The molecule has 0 saturated carbocycles. The Balaban J connectivity index is 2.80. The van der Waals surface area contributed by atoms with E-state index in [1.54, 1.807) is 11.3 Å². The van der Waals surface area contributed by atoms with Gasteiger partial charge in [0.25, 0.3) is 0 Å². The van der Waals surface area contributed by atoms with Crippen LogP contribution in [0.15, 0.2) is 17.5 Å². The van der Waals surface area contributed by atoms with E-state index in [0.717, 1.165) is 14.7 Å². The highest BCUT2D eigenvalue weighted by molar-refractivity contribution is 7.90. The smallest absolute Gasteiger partial charge is 0.121 e. The molecule has 0 aromatic carbocycles. The predicted molar refractivity (Wildman–Crippen MR) is 62.3 cm³/mol. The Hall–Kier alpha value is -0.320. The Kier molecular flexibility index (Phi) is 3.31. The lowest BCUT2D eigenvalue weighted by Crippen LogP contribution is -2.26. The summed E-state index contributed by atoms with van der Waals surface area (Å²) < 4.78 is 0. The highest BCUT2D eigenvalue weighted by Crippen LogP contribution is 2.11. The van der Waals surface area contributed by atoms with E-state index in [2.05, 4.69) is 0 Å². The fourth-order valence-corrected chi connectivity index (χ4v) is 1.95. The number of hydrogen-bond donors (Lipinski definition) is 0. The maximum absolute atomic E-state index is 5.20. The molecule has 0 radical (unpaired) electrons. The Labute approximate surface area is 87.0 Å². The fraction of sp³-hybridized carbons (Fsp3) is 0.250. The van der Waals surface area contributed by atoms with Crippen LogP contribution in [0, 0.1) is 0 Å². The molecule has 1 rings (SSSR count). The molecule has 0 aliphatic heterocycles. The summed E-state index contributed by atoms with van der Waals surface area (Å²) in [7, 11) is 3.81. The van der Waals surface area contributed by atoms with Crippen molar-refractivity contribution >= 4 is 45.6 Å². The van der Waals surface area contributed by atoms with E-state index in [0.29, 0.717) is 0 Å². The number of nitrogens with zero attached hydrogens (tertiary/aromatic N) is 1. The molecular weight excluding hydrogens is 206 g/mol. The molecule has 0 aliphatic rings. The van der Waals surface area contributed by atoms with Crippen molar-refractivity contribution in [2.45, 2.75) is 0 Å². The van der Waals surface area contributed by atoms with Crippen LogP contribution in [-0.4, -0.2) is 28.8 Å². The minimum absolute atomic E-state index is 0.729. The molecule has 0 unspecified atom stereocenters. The van der Waals surface area contributed by atoms with Gasteiger partial charge in [-0.3, -0.25) is 0 Å². The van der Waals surface area contributed by atoms with Crippen LogP contribution in [0.1, 0.15) is 4.88 Å². The summed E-state index contributed by atoms with van der Waals surface area (Å²) in [5.74, 6) is 0. The van der Waals surface area contributed by atoms with E-state index in [1.165, 1.54) is 0 Å². The van der Waals surface area contributed by atoms with Gasteiger partial charge in [-0.05, 0) is 11.4 Å². The normalized spacial score (nSPS) is 9.50. The highest BCUT2D eigenvalue weighted by Gasteiger charge is 2.09. The van der Waals surface area contributed by atoms with Crippen LogP contribution in [0.3, 0.4) is 0 Å². The third-order valence-electron chi connectivity index (χ3n) is 1.35. The summed E-state index contributed by atoms with van der Waals surface area (Å²) in [6, 6.07) is 3.97. The van der Waals surface area contributed by atoms with E-state index in [9.17, 15) is 0 Å². The quantitative estimate of drug-likeness (QED) is 0.551. The second kappa shape index (κ2) is 4.07. The predicted octanol–water partition coefficient (Wildman–Crippen LogP) is 2.36. The molecule has 0 fully saturated rings. The molecule has 1 aromatic rings. The Morgan fingerprint density at radius 2 is 2.08 bits per heavy atom. The van der Waals surface area contributed by atoms with E-state index in [-0.39, 0.29) is 0 Å². The van der Waals surface area contributed by atoms with E-state index in [4.69, 9.17) is 24.4 Å². The maximum atomic E-state index is 5.20. The second-order valence-corrected chi connectivity index (χ2v) is 4.25.